The predicted molar refractivity (Wildman–Crippen MR) is 46.0 cm³/mol. The van der Waals surface area contributed by atoms with Crippen LogP contribution in [0, 0.1) is 0 Å². The Morgan fingerprint density at radius 1 is 1.40 bits per heavy atom. The Labute approximate surface area is 76.6 Å². The van der Waals surface area contributed by atoms with Gasteiger partial charge in [0.05, 0.1) is 0 Å². The van der Waals surface area contributed by atoms with Crippen LogP contribution in [0.2, 0.25) is 0 Å². The zero-order valence-corrected chi connectivity index (χ0v) is 8.30. The van der Waals surface area contributed by atoms with E-state index in [2.05, 4.69) is 0 Å². The molecule has 0 radical (unpaired) electrons. The summed E-state index contributed by atoms with van der Waals surface area (Å²) in [4.78, 5) is 0. The minimum absolute atomic E-state index is 0.289. The van der Waals surface area contributed by atoms with Crippen molar-refractivity contribution in [3.8, 4) is 0 Å². The molecule has 0 fully saturated rings. The van der Waals surface area contributed by atoms with Gasteiger partial charge in [-0.3, -0.25) is 0 Å². The van der Waals surface area contributed by atoms with Crippen LogP contribution in [0.4, 0.5) is 0 Å². The van der Waals surface area contributed by atoms with Crippen LogP contribution in [0.1, 0.15) is 19.8 Å². The number of methoxy groups -OCH3 is 1. The van der Waals surface area contributed by atoms with E-state index >= 15 is 0 Å². The number of hydrogen-bond donors (Lipinski definition) is 0. The lowest BCUT2D eigenvalue weighted by Crippen LogP contribution is -2.27. The van der Waals surface area contributed by atoms with Gasteiger partial charge < -0.3 is 4.74 Å². The molecule has 0 bridgehead atoms. The van der Waals surface area contributed by atoms with Gasteiger partial charge in [-0.15, -0.1) is 0 Å². The summed E-state index contributed by atoms with van der Waals surface area (Å²) in [5, 5.41) is 0. The smallest absolute Gasteiger partial charge is 0.216 e. The zero-order valence-electron chi connectivity index (χ0n) is 6.03. The molecule has 0 heterocycles. The summed E-state index contributed by atoms with van der Waals surface area (Å²) in [5.41, 5.74) is 0. The first-order valence-corrected chi connectivity index (χ1v) is 4.25. The summed E-state index contributed by atoms with van der Waals surface area (Å²) in [6.45, 7) is 2.02. The molecule has 1 nitrogen and oxygen atoms in total. The van der Waals surface area contributed by atoms with Crippen molar-refractivity contribution in [2.75, 3.05) is 7.11 Å². The summed E-state index contributed by atoms with van der Waals surface area (Å²) >= 11 is 16.8. The van der Waals surface area contributed by atoms with Gasteiger partial charge in [0.2, 0.25) is 3.79 Å². The van der Waals surface area contributed by atoms with Crippen LogP contribution in [0.5, 0.6) is 0 Å². The second kappa shape index (κ2) is 4.66. The first-order chi connectivity index (χ1) is 4.52. The Kier molecular flexibility index (Phi) is 5.04. The van der Waals surface area contributed by atoms with Gasteiger partial charge in [0.1, 0.15) is 6.10 Å². The average molecular weight is 206 g/mol. The van der Waals surface area contributed by atoms with Crippen molar-refractivity contribution in [1.82, 2.24) is 0 Å². The number of rotatable bonds is 3. The Balaban J connectivity index is 3.81. The van der Waals surface area contributed by atoms with Gasteiger partial charge in [-0.05, 0) is 6.42 Å². The number of ether oxygens (including phenoxy) is 1. The number of halogens is 3. The first-order valence-electron chi connectivity index (χ1n) is 3.11. The molecule has 0 aromatic heterocycles. The maximum Gasteiger partial charge on any atom is 0.216 e. The molecule has 1 atom stereocenters. The monoisotopic (exact) mass is 204 g/mol. The van der Waals surface area contributed by atoms with E-state index in [4.69, 9.17) is 39.5 Å². The van der Waals surface area contributed by atoms with E-state index in [-0.39, 0.29) is 6.10 Å². The first kappa shape index (κ1) is 10.8. The molecule has 0 N–H and O–H groups in total. The Morgan fingerprint density at radius 3 is 2.00 bits per heavy atom. The van der Waals surface area contributed by atoms with E-state index < -0.39 is 3.79 Å². The second-order valence-electron chi connectivity index (χ2n) is 2.05. The number of hydrogen-bond acceptors (Lipinski definition) is 1. The van der Waals surface area contributed by atoms with E-state index in [1.807, 2.05) is 6.92 Å². The molecular weight excluding hydrogens is 194 g/mol. The Morgan fingerprint density at radius 2 is 1.90 bits per heavy atom. The lowest BCUT2D eigenvalue weighted by atomic mass is 10.2. The van der Waals surface area contributed by atoms with Crippen LogP contribution in [-0.2, 0) is 4.74 Å². The molecule has 0 aromatic rings. The van der Waals surface area contributed by atoms with Gasteiger partial charge in [-0.2, -0.15) is 0 Å². The van der Waals surface area contributed by atoms with Gasteiger partial charge in [0.25, 0.3) is 0 Å². The molecule has 10 heavy (non-hydrogen) atoms. The molecule has 0 rings (SSSR count). The molecule has 0 saturated carbocycles. The fourth-order valence-electron chi connectivity index (χ4n) is 0.677. The Hall–Kier alpha value is 0.830. The van der Waals surface area contributed by atoms with Crippen molar-refractivity contribution in [3.63, 3.8) is 0 Å². The molecule has 0 aliphatic heterocycles. The summed E-state index contributed by atoms with van der Waals surface area (Å²) in [6.07, 6.45) is 1.43. The molecule has 0 spiro atoms. The topological polar surface area (TPSA) is 9.23 Å². The van der Waals surface area contributed by atoms with E-state index in [1.165, 1.54) is 0 Å². The zero-order chi connectivity index (χ0) is 8.20. The molecule has 4 heteroatoms. The van der Waals surface area contributed by atoms with E-state index in [0.29, 0.717) is 0 Å². The van der Waals surface area contributed by atoms with E-state index in [1.54, 1.807) is 7.11 Å². The highest BCUT2D eigenvalue weighted by atomic mass is 35.6. The summed E-state index contributed by atoms with van der Waals surface area (Å²) in [7, 11) is 1.54. The van der Waals surface area contributed by atoms with Crippen LogP contribution < -0.4 is 0 Å². The predicted octanol–water partition coefficient (Wildman–Crippen LogP) is 3.17. The number of alkyl halides is 3. The van der Waals surface area contributed by atoms with Crippen molar-refractivity contribution in [3.05, 3.63) is 0 Å². The third-order valence-electron chi connectivity index (χ3n) is 1.20. The van der Waals surface area contributed by atoms with Crippen molar-refractivity contribution >= 4 is 34.8 Å². The largest absolute Gasteiger partial charge is 0.377 e. The van der Waals surface area contributed by atoms with Crippen molar-refractivity contribution in [1.29, 1.82) is 0 Å². The minimum Gasteiger partial charge on any atom is -0.377 e. The normalized spacial score (nSPS) is 15.3. The van der Waals surface area contributed by atoms with E-state index in [9.17, 15) is 0 Å². The molecule has 0 amide bonds. The molecule has 1 unspecified atom stereocenters. The average Bonchev–Trinajstić information content (AvgIpc) is 1.80. The quantitative estimate of drug-likeness (QED) is 0.643. The highest BCUT2D eigenvalue weighted by Gasteiger charge is 2.31. The maximum atomic E-state index is 5.58. The van der Waals surface area contributed by atoms with E-state index in [0.717, 1.165) is 12.8 Å². The summed E-state index contributed by atoms with van der Waals surface area (Å²) in [5.74, 6) is 0. The van der Waals surface area contributed by atoms with Gasteiger partial charge in [0.15, 0.2) is 0 Å². The van der Waals surface area contributed by atoms with Gasteiger partial charge in [0, 0.05) is 7.11 Å². The van der Waals surface area contributed by atoms with Crippen LogP contribution in [-0.4, -0.2) is 17.0 Å². The maximum absolute atomic E-state index is 5.58. The SMILES string of the molecule is CCCC(OC)C(Cl)(Cl)Cl. The highest BCUT2D eigenvalue weighted by Crippen LogP contribution is 2.33. The standard InChI is InChI=1S/C6H11Cl3O/c1-3-4-5(10-2)6(7,8)9/h5H,3-4H2,1-2H3. The van der Waals surface area contributed by atoms with Gasteiger partial charge in [-0.1, -0.05) is 48.1 Å². The lowest BCUT2D eigenvalue weighted by Gasteiger charge is -2.21. The fraction of sp³-hybridized carbons (Fsp3) is 1.00. The molecule has 62 valence electrons. The van der Waals surface area contributed by atoms with Crippen molar-refractivity contribution < 1.29 is 4.74 Å². The molecule has 0 aliphatic rings. The minimum atomic E-state index is -1.29. The van der Waals surface area contributed by atoms with Crippen molar-refractivity contribution in [2.24, 2.45) is 0 Å². The second-order valence-corrected chi connectivity index (χ2v) is 4.42. The van der Waals surface area contributed by atoms with Crippen LogP contribution >= 0.6 is 34.8 Å². The molecule has 0 saturated heterocycles. The third-order valence-corrected chi connectivity index (χ3v) is 1.93. The fourth-order valence-corrected chi connectivity index (χ4v) is 1.27. The third kappa shape index (κ3) is 3.87. The van der Waals surface area contributed by atoms with Crippen molar-refractivity contribution in [2.45, 2.75) is 29.7 Å². The summed E-state index contributed by atoms with van der Waals surface area (Å²) in [6, 6.07) is 0. The summed E-state index contributed by atoms with van der Waals surface area (Å²) < 4.78 is 3.67. The van der Waals surface area contributed by atoms with Crippen LogP contribution in [0.15, 0.2) is 0 Å². The van der Waals surface area contributed by atoms with Crippen LogP contribution in [0.25, 0.3) is 0 Å². The molecule has 0 aromatic carbocycles. The lowest BCUT2D eigenvalue weighted by molar-refractivity contribution is 0.0978. The molecular formula is C6H11Cl3O. The van der Waals surface area contributed by atoms with Gasteiger partial charge in [-0.25, -0.2) is 0 Å². The van der Waals surface area contributed by atoms with Gasteiger partial charge >= 0.3 is 0 Å². The molecule has 0 aliphatic carbocycles. The Bertz CT molecular complexity index is 89.5. The highest BCUT2D eigenvalue weighted by molar-refractivity contribution is 6.68. The van der Waals surface area contributed by atoms with Crippen LogP contribution in [0.3, 0.4) is 0 Å².